The summed E-state index contributed by atoms with van der Waals surface area (Å²) in [5.41, 5.74) is 0.420. The number of halogens is 2. The van der Waals surface area contributed by atoms with E-state index in [1.807, 2.05) is 13.8 Å². The highest BCUT2D eigenvalue weighted by Gasteiger charge is 2.35. The molecule has 1 aliphatic heterocycles. The summed E-state index contributed by atoms with van der Waals surface area (Å²) in [7, 11) is 1.40. The molecule has 2 amide bonds. The lowest BCUT2D eigenvalue weighted by Gasteiger charge is -2.25. The van der Waals surface area contributed by atoms with Crippen LogP contribution < -0.4 is 0 Å². The zero-order valence-electron chi connectivity index (χ0n) is 9.30. The Morgan fingerprint density at radius 2 is 1.80 bits per heavy atom. The zero-order chi connectivity index (χ0) is 12.2. The van der Waals surface area contributed by atoms with Gasteiger partial charge in [-0.3, -0.25) is 14.5 Å². The second kappa shape index (κ2) is 6.13. The number of carbonyl (C=O) groups is 2. The summed E-state index contributed by atoms with van der Waals surface area (Å²) in [5, 5.41) is -0.739. The van der Waals surface area contributed by atoms with E-state index in [2.05, 4.69) is 0 Å². The fraction of sp³-hybridized carbons (Fsp3) is 0.600. The monoisotopic (exact) mass is 251 g/mol. The molecule has 0 radical (unpaired) electrons. The van der Waals surface area contributed by atoms with Gasteiger partial charge in [-0.2, -0.15) is 0 Å². The molecule has 1 rings (SSSR count). The molecule has 0 saturated heterocycles. The van der Waals surface area contributed by atoms with Gasteiger partial charge in [0.15, 0.2) is 0 Å². The first-order chi connectivity index (χ1) is 7.00. The highest BCUT2D eigenvalue weighted by Crippen LogP contribution is 2.28. The average Bonchev–Trinajstić information content (AvgIpc) is 2.27. The van der Waals surface area contributed by atoms with Crippen molar-refractivity contribution < 1.29 is 9.59 Å². The van der Waals surface area contributed by atoms with Crippen molar-refractivity contribution in [3.8, 4) is 0 Å². The molecule has 3 nitrogen and oxygen atoms in total. The second-order valence-corrected chi connectivity index (χ2v) is 3.59. The van der Waals surface area contributed by atoms with Crippen LogP contribution >= 0.6 is 23.2 Å². The molecule has 0 saturated carbocycles. The minimum Gasteiger partial charge on any atom is -0.280 e. The van der Waals surface area contributed by atoms with Crippen molar-refractivity contribution in [2.75, 3.05) is 7.05 Å². The van der Waals surface area contributed by atoms with E-state index in [1.165, 1.54) is 7.05 Å². The fourth-order valence-electron chi connectivity index (χ4n) is 1.16. The first kappa shape index (κ1) is 14.5. The highest BCUT2D eigenvalue weighted by atomic mass is 35.5. The maximum Gasteiger partial charge on any atom is 0.257 e. The Kier molecular flexibility index (Phi) is 5.91. The Morgan fingerprint density at radius 1 is 1.33 bits per heavy atom. The van der Waals surface area contributed by atoms with Gasteiger partial charge >= 0.3 is 0 Å². The third kappa shape index (κ3) is 2.73. The van der Waals surface area contributed by atoms with Crippen LogP contribution in [-0.4, -0.2) is 29.1 Å². The highest BCUT2D eigenvalue weighted by molar-refractivity contribution is 6.46. The van der Waals surface area contributed by atoms with Crippen molar-refractivity contribution in [2.45, 2.75) is 32.6 Å². The minimum absolute atomic E-state index is 0.164. The van der Waals surface area contributed by atoms with Crippen LogP contribution in [0.15, 0.2) is 10.6 Å². The van der Waals surface area contributed by atoms with Crippen LogP contribution in [0.5, 0.6) is 0 Å². The number of amides is 2. The van der Waals surface area contributed by atoms with Gasteiger partial charge in [-0.15, -0.1) is 11.6 Å². The Balaban J connectivity index is 0.000000921. The Morgan fingerprint density at radius 3 is 2.20 bits per heavy atom. The maximum atomic E-state index is 11.4. The van der Waals surface area contributed by atoms with Gasteiger partial charge in [-0.05, 0) is 6.42 Å². The third-order valence-electron chi connectivity index (χ3n) is 1.97. The van der Waals surface area contributed by atoms with Crippen molar-refractivity contribution in [2.24, 2.45) is 0 Å². The molecule has 1 aliphatic rings. The Labute approximate surface area is 100 Å². The van der Waals surface area contributed by atoms with Crippen LogP contribution in [0.2, 0.25) is 0 Å². The molecule has 0 aromatic rings. The molecule has 0 aromatic carbocycles. The van der Waals surface area contributed by atoms with Gasteiger partial charge in [0.25, 0.3) is 11.8 Å². The van der Waals surface area contributed by atoms with E-state index >= 15 is 0 Å². The topological polar surface area (TPSA) is 37.4 Å². The van der Waals surface area contributed by atoms with Crippen molar-refractivity contribution >= 4 is 35.0 Å². The van der Waals surface area contributed by atoms with E-state index in [-0.39, 0.29) is 10.9 Å². The van der Waals surface area contributed by atoms with Gasteiger partial charge in [-0.1, -0.05) is 32.4 Å². The summed E-state index contributed by atoms with van der Waals surface area (Å²) in [6.07, 6.45) is 0.485. The molecular formula is C10H15Cl2NO2. The predicted octanol–water partition coefficient (Wildman–Crippen LogP) is 2.52. The predicted molar refractivity (Wildman–Crippen MR) is 61.9 cm³/mol. The number of imide groups is 1. The molecule has 0 aliphatic carbocycles. The third-order valence-corrected chi connectivity index (χ3v) is 2.94. The molecule has 0 fully saturated rings. The van der Waals surface area contributed by atoms with Crippen LogP contribution in [0.3, 0.4) is 0 Å². The summed E-state index contributed by atoms with van der Waals surface area (Å²) < 4.78 is 0. The van der Waals surface area contributed by atoms with Crippen molar-refractivity contribution in [1.29, 1.82) is 0 Å². The molecule has 15 heavy (non-hydrogen) atoms. The quantitative estimate of drug-likeness (QED) is 0.531. The molecule has 0 spiro atoms. The van der Waals surface area contributed by atoms with E-state index < -0.39 is 11.3 Å². The molecule has 0 N–H and O–H groups in total. The lowest BCUT2D eigenvalue weighted by molar-refractivity contribution is -0.141. The molecule has 86 valence electrons. The summed E-state index contributed by atoms with van der Waals surface area (Å²) in [6.45, 7) is 5.79. The van der Waals surface area contributed by atoms with Crippen molar-refractivity contribution in [1.82, 2.24) is 4.90 Å². The molecular weight excluding hydrogens is 237 g/mol. The van der Waals surface area contributed by atoms with Gasteiger partial charge in [0, 0.05) is 12.6 Å². The number of rotatable bonds is 1. The molecule has 0 bridgehead atoms. The van der Waals surface area contributed by atoms with Crippen LogP contribution in [0, 0.1) is 0 Å². The van der Waals surface area contributed by atoms with E-state index in [9.17, 15) is 9.59 Å². The number of hydrogen-bond donors (Lipinski definition) is 0. The molecule has 1 heterocycles. The fourth-order valence-corrected chi connectivity index (χ4v) is 1.74. The van der Waals surface area contributed by atoms with E-state index in [4.69, 9.17) is 23.2 Å². The van der Waals surface area contributed by atoms with Crippen molar-refractivity contribution in [3.63, 3.8) is 0 Å². The Bertz CT molecular complexity index is 300. The summed E-state index contributed by atoms with van der Waals surface area (Å²) in [6, 6.07) is 0. The van der Waals surface area contributed by atoms with Gasteiger partial charge in [0.05, 0.1) is 5.03 Å². The average molecular weight is 252 g/mol. The lowest BCUT2D eigenvalue weighted by atomic mass is 10.1. The summed E-state index contributed by atoms with van der Waals surface area (Å²) in [5.74, 6) is -0.816. The summed E-state index contributed by atoms with van der Waals surface area (Å²) in [4.78, 5) is 23.7. The molecule has 5 heteroatoms. The number of nitrogens with zero attached hydrogens (tertiary/aromatic N) is 1. The number of alkyl halides is 1. The SMILES string of the molecule is CC.CCC1=C(Cl)C(Cl)C(=O)N(C)C1=O. The van der Waals surface area contributed by atoms with E-state index in [1.54, 1.807) is 6.92 Å². The molecule has 1 unspecified atom stereocenters. The van der Waals surface area contributed by atoms with Crippen LogP contribution in [0.1, 0.15) is 27.2 Å². The van der Waals surface area contributed by atoms with Gasteiger partial charge in [0.1, 0.15) is 5.38 Å². The van der Waals surface area contributed by atoms with E-state index in [0.29, 0.717) is 12.0 Å². The van der Waals surface area contributed by atoms with Crippen LogP contribution in [-0.2, 0) is 9.59 Å². The van der Waals surface area contributed by atoms with Crippen LogP contribution in [0.4, 0.5) is 0 Å². The van der Waals surface area contributed by atoms with Gasteiger partial charge < -0.3 is 0 Å². The Hall–Kier alpha value is -0.540. The summed E-state index contributed by atoms with van der Waals surface area (Å²) >= 11 is 11.5. The normalized spacial score (nSPS) is 21.5. The maximum absolute atomic E-state index is 11.4. The first-order valence-corrected chi connectivity index (χ1v) is 5.66. The smallest absolute Gasteiger partial charge is 0.257 e. The second-order valence-electron chi connectivity index (χ2n) is 2.75. The number of likely N-dealkylation sites (N-methyl/N-ethyl adjacent to an activating group) is 1. The number of hydrogen-bond acceptors (Lipinski definition) is 2. The largest absolute Gasteiger partial charge is 0.280 e. The zero-order valence-corrected chi connectivity index (χ0v) is 10.8. The van der Waals surface area contributed by atoms with Gasteiger partial charge in [-0.25, -0.2) is 0 Å². The van der Waals surface area contributed by atoms with Crippen LogP contribution in [0.25, 0.3) is 0 Å². The molecule has 1 atom stereocenters. The minimum atomic E-state index is -0.903. The number of carbonyl (C=O) groups excluding carboxylic acids is 2. The van der Waals surface area contributed by atoms with E-state index in [0.717, 1.165) is 4.90 Å². The first-order valence-electron chi connectivity index (χ1n) is 4.85. The lowest BCUT2D eigenvalue weighted by Crippen LogP contribution is -2.44. The van der Waals surface area contributed by atoms with Gasteiger partial charge in [0.2, 0.25) is 0 Å². The standard InChI is InChI=1S/C8H9Cl2NO2.C2H6/c1-3-4-5(9)6(10)8(13)11(2)7(4)12;1-2/h6H,3H2,1-2H3;1-2H3. The van der Waals surface area contributed by atoms with Crippen molar-refractivity contribution in [3.05, 3.63) is 10.6 Å². The molecule has 0 aromatic heterocycles.